The van der Waals surface area contributed by atoms with Crippen LogP contribution >= 0.6 is 0 Å². The van der Waals surface area contributed by atoms with Crippen LogP contribution in [0.1, 0.15) is 39.0 Å². The summed E-state index contributed by atoms with van der Waals surface area (Å²) in [6.45, 7) is 5.45. The molecule has 0 aromatic heterocycles. The summed E-state index contributed by atoms with van der Waals surface area (Å²) < 4.78 is 27.4. The molecule has 2 fully saturated rings. The van der Waals surface area contributed by atoms with Gasteiger partial charge in [0.2, 0.25) is 15.9 Å². The predicted octanol–water partition coefficient (Wildman–Crippen LogP) is 1.61. The molecule has 3 N–H and O–H groups in total. The Bertz CT molecular complexity index is 767. The van der Waals surface area contributed by atoms with E-state index in [1.807, 2.05) is 0 Å². The lowest BCUT2D eigenvalue weighted by Gasteiger charge is -2.33. The first-order valence-corrected chi connectivity index (χ1v) is 11.2. The lowest BCUT2D eigenvalue weighted by molar-refractivity contribution is -0.122. The molecule has 1 heterocycles. The molecule has 150 valence electrons. The van der Waals surface area contributed by atoms with Gasteiger partial charge in [-0.05, 0) is 37.6 Å². The van der Waals surface area contributed by atoms with E-state index in [1.54, 1.807) is 18.2 Å². The van der Waals surface area contributed by atoms with Crippen LogP contribution in [0.2, 0.25) is 0 Å². The second-order valence-electron chi connectivity index (χ2n) is 7.54. The van der Waals surface area contributed by atoms with E-state index in [4.69, 9.17) is 5.73 Å². The molecule has 1 aromatic carbocycles. The van der Waals surface area contributed by atoms with Gasteiger partial charge in [-0.1, -0.05) is 32.3 Å². The van der Waals surface area contributed by atoms with Crippen LogP contribution in [-0.2, 0) is 14.8 Å². The average molecular weight is 395 g/mol. The third-order valence-electron chi connectivity index (χ3n) is 5.71. The minimum atomic E-state index is -3.57. The molecule has 8 heteroatoms. The van der Waals surface area contributed by atoms with Gasteiger partial charge in [0.25, 0.3) is 0 Å². The Morgan fingerprint density at radius 3 is 2.44 bits per heavy atom. The molecule has 1 aliphatic heterocycles. The minimum absolute atomic E-state index is 0.208. The number of benzene rings is 1. The normalized spacial score (nSPS) is 21.7. The van der Waals surface area contributed by atoms with Crippen molar-refractivity contribution in [1.29, 1.82) is 0 Å². The largest absolute Gasteiger partial charge is 0.324 e. The van der Waals surface area contributed by atoms with E-state index in [1.165, 1.54) is 10.4 Å². The van der Waals surface area contributed by atoms with Crippen LogP contribution in [0.25, 0.3) is 0 Å². The Kier molecular flexibility index (Phi) is 6.20. The van der Waals surface area contributed by atoms with Crippen molar-refractivity contribution in [2.24, 2.45) is 5.73 Å². The van der Waals surface area contributed by atoms with E-state index in [2.05, 4.69) is 17.1 Å². The number of rotatable bonds is 5. The molecule has 0 atom stereocenters. The minimum Gasteiger partial charge on any atom is -0.324 e. The Hall–Kier alpha value is -1.48. The van der Waals surface area contributed by atoms with Crippen LogP contribution < -0.4 is 11.1 Å². The molecule has 1 amide bonds. The SMILES string of the molecule is CCN1CCN(S(=O)(=O)c2cccc(NC(=O)C3(N)CCCCC3)c2)CC1. The first kappa shape index (κ1) is 20.3. The van der Waals surface area contributed by atoms with Crippen LogP contribution in [0.5, 0.6) is 0 Å². The highest BCUT2D eigenvalue weighted by Crippen LogP contribution is 2.28. The molecule has 27 heavy (non-hydrogen) atoms. The average Bonchev–Trinajstić information content (AvgIpc) is 2.69. The maximum atomic E-state index is 13.0. The Morgan fingerprint density at radius 2 is 1.81 bits per heavy atom. The Balaban J connectivity index is 1.72. The summed E-state index contributed by atoms with van der Waals surface area (Å²) in [5.74, 6) is -0.228. The molecule has 0 bridgehead atoms. The monoisotopic (exact) mass is 394 g/mol. The van der Waals surface area contributed by atoms with Gasteiger partial charge in [0.15, 0.2) is 0 Å². The number of hydrogen-bond donors (Lipinski definition) is 2. The maximum absolute atomic E-state index is 13.0. The van der Waals surface area contributed by atoms with Gasteiger partial charge in [-0.15, -0.1) is 0 Å². The number of hydrogen-bond acceptors (Lipinski definition) is 5. The number of nitrogens with one attached hydrogen (secondary N) is 1. The second-order valence-corrected chi connectivity index (χ2v) is 9.48. The summed E-state index contributed by atoms with van der Waals surface area (Å²) in [6.07, 6.45) is 4.33. The highest BCUT2D eigenvalue weighted by molar-refractivity contribution is 7.89. The first-order valence-electron chi connectivity index (χ1n) is 9.78. The fourth-order valence-corrected chi connectivity index (χ4v) is 5.30. The molecule has 1 aromatic rings. The third kappa shape index (κ3) is 4.51. The number of nitrogens with zero attached hydrogens (tertiary/aromatic N) is 2. The summed E-state index contributed by atoms with van der Waals surface area (Å²) in [5, 5.41) is 2.83. The van der Waals surface area contributed by atoms with E-state index < -0.39 is 15.6 Å². The molecule has 0 radical (unpaired) electrons. The van der Waals surface area contributed by atoms with Gasteiger partial charge >= 0.3 is 0 Å². The first-order chi connectivity index (χ1) is 12.8. The van der Waals surface area contributed by atoms with E-state index >= 15 is 0 Å². The smallest absolute Gasteiger partial charge is 0.244 e. The van der Waals surface area contributed by atoms with Crippen LogP contribution in [0.4, 0.5) is 5.69 Å². The fourth-order valence-electron chi connectivity index (χ4n) is 3.83. The third-order valence-corrected chi connectivity index (χ3v) is 7.60. The Morgan fingerprint density at radius 1 is 1.15 bits per heavy atom. The van der Waals surface area contributed by atoms with Gasteiger partial charge in [-0.25, -0.2) is 8.42 Å². The van der Waals surface area contributed by atoms with E-state index in [0.717, 1.165) is 38.9 Å². The van der Waals surface area contributed by atoms with E-state index in [-0.39, 0.29) is 10.8 Å². The summed E-state index contributed by atoms with van der Waals surface area (Å²) in [4.78, 5) is 15.1. The predicted molar refractivity (Wildman–Crippen MR) is 106 cm³/mol. The molecule has 0 spiro atoms. The van der Waals surface area contributed by atoms with Crippen LogP contribution in [0.3, 0.4) is 0 Å². The molecule has 1 saturated heterocycles. The maximum Gasteiger partial charge on any atom is 0.244 e. The number of carbonyl (C=O) groups is 1. The van der Waals surface area contributed by atoms with Gasteiger partial charge in [-0.3, -0.25) is 4.79 Å². The summed E-state index contributed by atoms with van der Waals surface area (Å²) in [7, 11) is -3.57. The highest BCUT2D eigenvalue weighted by Gasteiger charge is 2.35. The zero-order chi connectivity index (χ0) is 19.5. The number of sulfonamides is 1. The van der Waals surface area contributed by atoms with Crippen LogP contribution in [-0.4, -0.2) is 61.8 Å². The number of nitrogens with two attached hydrogens (primary N) is 1. The number of anilines is 1. The molecule has 1 saturated carbocycles. The van der Waals surface area contributed by atoms with Crippen molar-refractivity contribution >= 4 is 21.6 Å². The zero-order valence-corrected chi connectivity index (χ0v) is 16.8. The molecule has 1 aliphatic carbocycles. The van der Waals surface area contributed by atoms with Crippen molar-refractivity contribution in [3.63, 3.8) is 0 Å². The molecular weight excluding hydrogens is 364 g/mol. The molecule has 3 rings (SSSR count). The van der Waals surface area contributed by atoms with Gasteiger partial charge in [0, 0.05) is 31.9 Å². The van der Waals surface area contributed by atoms with E-state index in [0.29, 0.717) is 31.6 Å². The van der Waals surface area contributed by atoms with Gasteiger partial charge in [0.05, 0.1) is 10.4 Å². The number of carbonyl (C=O) groups excluding carboxylic acids is 1. The number of piperazine rings is 1. The molecule has 2 aliphatic rings. The van der Waals surface area contributed by atoms with Gasteiger partial charge in [-0.2, -0.15) is 4.31 Å². The Labute approximate surface area is 161 Å². The van der Waals surface area contributed by atoms with E-state index in [9.17, 15) is 13.2 Å². The summed E-state index contributed by atoms with van der Waals surface area (Å²) >= 11 is 0. The molecule has 0 unspecified atom stereocenters. The summed E-state index contributed by atoms with van der Waals surface area (Å²) in [5.41, 5.74) is 5.89. The van der Waals surface area contributed by atoms with Crippen molar-refractivity contribution in [3.8, 4) is 0 Å². The van der Waals surface area contributed by atoms with Crippen molar-refractivity contribution in [1.82, 2.24) is 9.21 Å². The van der Waals surface area contributed by atoms with Crippen molar-refractivity contribution in [2.45, 2.75) is 49.5 Å². The van der Waals surface area contributed by atoms with Gasteiger partial charge in [0.1, 0.15) is 0 Å². The van der Waals surface area contributed by atoms with Crippen molar-refractivity contribution in [3.05, 3.63) is 24.3 Å². The lowest BCUT2D eigenvalue weighted by atomic mass is 9.82. The number of likely N-dealkylation sites (N-methyl/N-ethyl adjacent to an activating group) is 1. The topological polar surface area (TPSA) is 95.7 Å². The molecule has 7 nitrogen and oxygen atoms in total. The fraction of sp³-hybridized carbons (Fsp3) is 0.632. The standard InChI is InChI=1S/C19H30N4O3S/c1-2-22-11-13-23(14-12-22)27(25,26)17-8-6-7-16(15-17)21-18(24)19(20)9-4-3-5-10-19/h6-8,15H,2-5,9-14,20H2,1H3,(H,21,24). The zero-order valence-electron chi connectivity index (χ0n) is 16.0. The molecular formula is C19H30N4O3S. The highest BCUT2D eigenvalue weighted by atomic mass is 32.2. The van der Waals surface area contributed by atoms with Crippen LogP contribution in [0.15, 0.2) is 29.2 Å². The quantitative estimate of drug-likeness (QED) is 0.791. The second kappa shape index (κ2) is 8.26. The lowest BCUT2D eigenvalue weighted by Crippen LogP contribution is -2.52. The van der Waals surface area contributed by atoms with Crippen molar-refractivity contribution in [2.75, 3.05) is 38.0 Å². The van der Waals surface area contributed by atoms with Crippen molar-refractivity contribution < 1.29 is 13.2 Å². The number of amides is 1. The van der Waals surface area contributed by atoms with Gasteiger partial charge < -0.3 is 16.0 Å². The summed E-state index contributed by atoms with van der Waals surface area (Å²) in [6, 6.07) is 6.48. The van der Waals surface area contributed by atoms with Crippen LogP contribution in [0, 0.1) is 0 Å².